The highest BCUT2D eigenvalue weighted by Crippen LogP contribution is 2.25. The van der Waals surface area contributed by atoms with Crippen LogP contribution in [-0.4, -0.2) is 20.7 Å². The lowest BCUT2D eigenvalue weighted by Crippen LogP contribution is -2.17. The van der Waals surface area contributed by atoms with Crippen LogP contribution in [0.25, 0.3) is 0 Å². The van der Waals surface area contributed by atoms with E-state index in [9.17, 15) is 26.4 Å². The van der Waals surface area contributed by atoms with Crippen LogP contribution in [0.1, 0.15) is 17.5 Å². The molecule has 0 aliphatic heterocycles. The molecule has 0 aliphatic rings. The highest BCUT2D eigenvalue weighted by Gasteiger charge is 2.30. The van der Waals surface area contributed by atoms with Crippen LogP contribution in [0.5, 0.6) is 5.75 Å². The third kappa shape index (κ3) is 7.25. The van der Waals surface area contributed by atoms with Crippen molar-refractivity contribution in [2.45, 2.75) is 31.0 Å². The maximum Gasteiger partial charge on any atom is 0.573 e. The molecule has 3 aromatic rings. The van der Waals surface area contributed by atoms with Crippen molar-refractivity contribution in [1.29, 1.82) is 0 Å². The van der Waals surface area contributed by atoms with E-state index in [0.717, 1.165) is 0 Å². The summed E-state index contributed by atoms with van der Waals surface area (Å²) in [6, 6.07) is 18.0. The van der Waals surface area contributed by atoms with Gasteiger partial charge in [0.15, 0.2) is 0 Å². The molecule has 10 heteroatoms. The molecule has 0 unspecified atom stereocenters. The van der Waals surface area contributed by atoms with Gasteiger partial charge in [0.05, 0.1) is 10.6 Å². The van der Waals surface area contributed by atoms with Gasteiger partial charge < -0.3 is 10.1 Å². The number of sulfonamides is 1. The molecule has 0 fully saturated rings. The van der Waals surface area contributed by atoms with Crippen molar-refractivity contribution in [2.75, 3.05) is 10.0 Å². The quantitative estimate of drug-likeness (QED) is 0.462. The topological polar surface area (TPSA) is 84.5 Å². The van der Waals surface area contributed by atoms with Crippen molar-refractivity contribution in [2.24, 2.45) is 0 Å². The van der Waals surface area contributed by atoms with E-state index in [1.807, 2.05) is 0 Å². The molecule has 0 atom stereocenters. The van der Waals surface area contributed by atoms with Crippen LogP contribution in [0.4, 0.5) is 24.5 Å². The third-order valence-corrected chi connectivity index (χ3v) is 6.00. The lowest BCUT2D eigenvalue weighted by molar-refractivity contribution is -0.274. The number of amides is 1. The highest BCUT2D eigenvalue weighted by atomic mass is 32.2. The summed E-state index contributed by atoms with van der Waals surface area (Å²) in [4.78, 5) is 12.4. The van der Waals surface area contributed by atoms with Crippen LogP contribution in [0, 0.1) is 6.92 Å². The van der Waals surface area contributed by atoms with Gasteiger partial charge >= 0.3 is 6.36 Å². The predicted octanol–water partition coefficient (Wildman–Crippen LogP) is 5.27. The van der Waals surface area contributed by atoms with Crippen LogP contribution in [-0.2, 0) is 21.2 Å². The Labute approximate surface area is 189 Å². The zero-order valence-electron chi connectivity index (χ0n) is 17.5. The molecule has 3 aromatic carbocycles. The van der Waals surface area contributed by atoms with Crippen LogP contribution in [0.2, 0.25) is 0 Å². The Morgan fingerprint density at radius 3 is 2.27 bits per heavy atom. The number of hydrogen-bond donors (Lipinski definition) is 2. The number of ether oxygens (including phenoxy) is 1. The Morgan fingerprint density at radius 1 is 0.970 bits per heavy atom. The van der Waals surface area contributed by atoms with Gasteiger partial charge in [-0.25, -0.2) is 8.42 Å². The monoisotopic (exact) mass is 478 g/mol. The number of halogens is 3. The maximum absolute atomic E-state index is 12.6. The van der Waals surface area contributed by atoms with Crippen molar-refractivity contribution in [3.8, 4) is 5.75 Å². The van der Waals surface area contributed by atoms with Crippen LogP contribution < -0.4 is 14.8 Å². The van der Waals surface area contributed by atoms with Gasteiger partial charge in [0.1, 0.15) is 5.75 Å². The number of carbonyl (C=O) groups excluding carboxylic acids is 1. The standard InChI is InChI=1S/C23H21F3N2O4S/c1-16-7-11-18(15-21(16)28-33(30,31)20-5-3-2-4-6-20)27-22(29)14-10-17-8-12-19(13-9-17)32-23(24,25)26/h2-9,11-13,15,28H,10,14H2,1H3,(H,27,29). The highest BCUT2D eigenvalue weighted by molar-refractivity contribution is 7.92. The van der Waals surface area contributed by atoms with Crippen molar-refractivity contribution in [3.63, 3.8) is 0 Å². The number of nitrogens with one attached hydrogen (secondary N) is 2. The van der Waals surface area contributed by atoms with E-state index in [4.69, 9.17) is 0 Å². The van der Waals surface area contributed by atoms with Gasteiger partial charge in [-0.3, -0.25) is 9.52 Å². The molecular formula is C23H21F3N2O4S. The minimum atomic E-state index is -4.76. The molecule has 2 N–H and O–H groups in total. The zero-order chi connectivity index (χ0) is 24.1. The molecule has 0 radical (unpaired) electrons. The summed E-state index contributed by atoms with van der Waals surface area (Å²) >= 11 is 0. The van der Waals surface area contributed by atoms with Gasteiger partial charge in [-0.2, -0.15) is 0 Å². The summed E-state index contributed by atoms with van der Waals surface area (Å²) in [6.07, 6.45) is -4.38. The molecule has 0 saturated carbocycles. The number of hydrogen-bond acceptors (Lipinski definition) is 4. The van der Waals surface area contributed by atoms with Gasteiger partial charge in [0.2, 0.25) is 5.91 Å². The number of rotatable bonds is 8. The van der Waals surface area contributed by atoms with E-state index in [-0.39, 0.29) is 23.0 Å². The second-order valence-electron chi connectivity index (χ2n) is 7.19. The summed E-state index contributed by atoms with van der Waals surface area (Å²) in [6.45, 7) is 1.74. The second kappa shape index (κ2) is 9.95. The van der Waals surface area contributed by atoms with Gasteiger partial charge in [-0.1, -0.05) is 36.4 Å². The van der Waals surface area contributed by atoms with Crippen LogP contribution >= 0.6 is 0 Å². The lowest BCUT2D eigenvalue weighted by Gasteiger charge is -2.13. The third-order valence-electron chi connectivity index (χ3n) is 4.62. The average molecular weight is 478 g/mol. The largest absolute Gasteiger partial charge is 0.573 e. The van der Waals surface area contributed by atoms with Gasteiger partial charge in [-0.15, -0.1) is 13.2 Å². The van der Waals surface area contributed by atoms with Crippen molar-refractivity contribution >= 4 is 27.3 Å². The number of anilines is 2. The number of carbonyl (C=O) groups is 1. The minimum absolute atomic E-state index is 0.0818. The molecule has 33 heavy (non-hydrogen) atoms. The summed E-state index contributed by atoms with van der Waals surface area (Å²) < 4.78 is 68.2. The summed E-state index contributed by atoms with van der Waals surface area (Å²) in [7, 11) is -3.79. The lowest BCUT2D eigenvalue weighted by atomic mass is 10.1. The molecule has 0 bridgehead atoms. The van der Waals surface area contributed by atoms with E-state index >= 15 is 0 Å². The first kappa shape index (κ1) is 24.1. The Hall–Kier alpha value is -3.53. The summed E-state index contributed by atoms with van der Waals surface area (Å²) in [5.74, 6) is -0.660. The van der Waals surface area contributed by atoms with Crippen molar-refractivity contribution in [1.82, 2.24) is 0 Å². The van der Waals surface area contributed by atoms with Gasteiger partial charge in [0, 0.05) is 12.1 Å². The zero-order valence-corrected chi connectivity index (χ0v) is 18.3. The molecule has 0 aliphatic carbocycles. The van der Waals surface area contributed by atoms with Crippen molar-refractivity contribution < 1.29 is 31.1 Å². The number of aryl methyl sites for hydroxylation is 2. The fourth-order valence-electron chi connectivity index (χ4n) is 2.95. The first-order valence-electron chi connectivity index (χ1n) is 9.85. The Bertz CT molecular complexity index is 1210. The molecular weight excluding hydrogens is 457 g/mol. The normalized spacial score (nSPS) is 11.6. The van der Waals surface area contributed by atoms with E-state index in [1.165, 1.54) is 42.5 Å². The summed E-state index contributed by atoms with van der Waals surface area (Å²) in [5.41, 5.74) is 2.08. The van der Waals surface area contributed by atoms with Crippen molar-refractivity contribution in [3.05, 3.63) is 83.9 Å². The molecule has 0 aromatic heterocycles. The van der Waals surface area contributed by atoms with E-state index in [1.54, 1.807) is 37.3 Å². The summed E-state index contributed by atoms with van der Waals surface area (Å²) in [5, 5.41) is 2.70. The fourth-order valence-corrected chi connectivity index (χ4v) is 4.09. The number of benzene rings is 3. The molecule has 6 nitrogen and oxygen atoms in total. The van der Waals surface area contributed by atoms with E-state index < -0.39 is 16.4 Å². The Kier molecular flexibility index (Phi) is 7.27. The average Bonchev–Trinajstić information content (AvgIpc) is 2.75. The van der Waals surface area contributed by atoms with E-state index in [2.05, 4.69) is 14.8 Å². The molecule has 0 saturated heterocycles. The van der Waals surface area contributed by atoms with E-state index in [0.29, 0.717) is 28.9 Å². The second-order valence-corrected chi connectivity index (χ2v) is 8.87. The van der Waals surface area contributed by atoms with Crippen LogP contribution in [0.15, 0.2) is 77.7 Å². The molecule has 0 heterocycles. The smallest absolute Gasteiger partial charge is 0.406 e. The molecule has 0 spiro atoms. The predicted molar refractivity (Wildman–Crippen MR) is 119 cm³/mol. The SMILES string of the molecule is Cc1ccc(NC(=O)CCc2ccc(OC(F)(F)F)cc2)cc1NS(=O)(=O)c1ccccc1. The van der Waals surface area contributed by atoms with Gasteiger partial charge in [0.25, 0.3) is 10.0 Å². The Balaban J connectivity index is 1.60. The minimum Gasteiger partial charge on any atom is -0.406 e. The first-order chi connectivity index (χ1) is 15.5. The molecule has 3 rings (SSSR count). The molecule has 1 amide bonds. The maximum atomic E-state index is 12.6. The first-order valence-corrected chi connectivity index (χ1v) is 11.3. The number of alkyl halides is 3. The molecule has 174 valence electrons. The Morgan fingerprint density at radius 2 is 1.64 bits per heavy atom. The van der Waals surface area contributed by atoms with Gasteiger partial charge in [-0.05, 0) is 60.9 Å². The van der Waals surface area contributed by atoms with Crippen LogP contribution in [0.3, 0.4) is 0 Å². The fraction of sp³-hybridized carbons (Fsp3) is 0.174.